The molecular weight excluding hydrogens is 416 g/mol. The van der Waals surface area contributed by atoms with E-state index in [2.05, 4.69) is 17.2 Å². The van der Waals surface area contributed by atoms with E-state index >= 15 is 0 Å². The summed E-state index contributed by atoms with van der Waals surface area (Å²) in [4.78, 5) is 41.8. The van der Waals surface area contributed by atoms with Gasteiger partial charge in [0, 0.05) is 11.1 Å². The van der Waals surface area contributed by atoms with Gasteiger partial charge in [-0.2, -0.15) is 0 Å². The van der Waals surface area contributed by atoms with Gasteiger partial charge in [0.05, 0.1) is 17.7 Å². The number of esters is 2. The number of carbonyl (C=O) groups is 3. The van der Waals surface area contributed by atoms with E-state index < -0.39 is 24.5 Å². The van der Waals surface area contributed by atoms with E-state index in [0.29, 0.717) is 16.5 Å². The number of nitrogens with one attached hydrogen (secondary N) is 1. The lowest BCUT2D eigenvalue weighted by Crippen LogP contribution is -2.22. The molecule has 154 valence electrons. The molecule has 2 aromatic heterocycles. The van der Waals surface area contributed by atoms with Crippen LogP contribution in [0.2, 0.25) is 5.15 Å². The van der Waals surface area contributed by atoms with Gasteiger partial charge >= 0.3 is 11.9 Å². The Kier molecular flexibility index (Phi) is 6.87. The van der Waals surface area contributed by atoms with Crippen LogP contribution in [0.3, 0.4) is 0 Å². The number of thiophene rings is 1. The van der Waals surface area contributed by atoms with Crippen molar-refractivity contribution in [2.24, 2.45) is 5.92 Å². The van der Waals surface area contributed by atoms with E-state index in [1.807, 2.05) is 0 Å². The van der Waals surface area contributed by atoms with Crippen LogP contribution in [0, 0.1) is 5.92 Å². The second kappa shape index (κ2) is 9.37. The lowest BCUT2D eigenvalue weighted by Gasteiger charge is -2.18. The van der Waals surface area contributed by atoms with Crippen molar-refractivity contribution >= 4 is 45.8 Å². The predicted octanol–water partition coefficient (Wildman–Crippen LogP) is 3.89. The highest BCUT2D eigenvalue weighted by molar-refractivity contribution is 7.17. The molecule has 0 aromatic carbocycles. The van der Waals surface area contributed by atoms with Crippen LogP contribution in [0.1, 0.15) is 51.4 Å². The minimum Gasteiger partial charge on any atom is -0.462 e. The molecule has 0 aliphatic heterocycles. The van der Waals surface area contributed by atoms with Crippen molar-refractivity contribution in [3.05, 3.63) is 45.1 Å². The highest BCUT2D eigenvalue weighted by atomic mass is 35.5. The van der Waals surface area contributed by atoms with Crippen LogP contribution in [0.4, 0.5) is 5.00 Å². The quantitative estimate of drug-likeness (QED) is 0.545. The van der Waals surface area contributed by atoms with Crippen LogP contribution >= 0.6 is 22.9 Å². The zero-order valence-electron chi connectivity index (χ0n) is 16.1. The molecule has 9 heteroatoms. The van der Waals surface area contributed by atoms with Crippen LogP contribution in [-0.2, 0) is 27.1 Å². The molecule has 0 spiro atoms. The maximum atomic E-state index is 12.5. The van der Waals surface area contributed by atoms with Crippen molar-refractivity contribution in [2.45, 2.75) is 33.1 Å². The fourth-order valence-electron chi connectivity index (χ4n) is 3.17. The van der Waals surface area contributed by atoms with Crippen LogP contribution < -0.4 is 5.32 Å². The molecule has 3 rings (SSSR count). The third-order valence-electron chi connectivity index (χ3n) is 4.56. The lowest BCUT2D eigenvalue weighted by molar-refractivity contribution is -0.119. The average Bonchev–Trinajstić information content (AvgIpc) is 3.03. The number of pyridine rings is 1. The van der Waals surface area contributed by atoms with E-state index in [-0.39, 0.29) is 17.3 Å². The molecule has 1 aliphatic rings. The highest BCUT2D eigenvalue weighted by Crippen LogP contribution is 2.40. The van der Waals surface area contributed by atoms with Crippen LogP contribution in [0.5, 0.6) is 0 Å². The van der Waals surface area contributed by atoms with Crippen LogP contribution in [0.15, 0.2) is 18.3 Å². The van der Waals surface area contributed by atoms with Crippen molar-refractivity contribution in [1.29, 1.82) is 0 Å². The normalized spacial score (nSPS) is 15.3. The summed E-state index contributed by atoms with van der Waals surface area (Å²) in [7, 11) is 0. The number of nitrogens with zero attached hydrogens (tertiary/aromatic N) is 1. The Bertz CT molecular complexity index is 943. The first kappa shape index (κ1) is 21.3. The second-order valence-corrected chi connectivity index (χ2v) is 8.21. The molecule has 7 nitrogen and oxygen atoms in total. The van der Waals surface area contributed by atoms with Gasteiger partial charge < -0.3 is 14.8 Å². The minimum atomic E-state index is -0.747. The zero-order chi connectivity index (χ0) is 21.0. The lowest BCUT2D eigenvalue weighted by atomic mass is 9.88. The molecule has 1 N–H and O–H groups in total. The maximum absolute atomic E-state index is 12.5. The monoisotopic (exact) mass is 436 g/mol. The van der Waals surface area contributed by atoms with Gasteiger partial charge in [0.2, 0.25) is 0 Å². The third kappa shape index (κ3) is 4.94. The second-order valence-electron chi connectivity index (χ2n) is 6.74. The van der Waals surface area contributed by atoms with E-state index in [9.17, 15) is 14.4 Å². The first-order valence-corrected chi connectivity index (χ1v) is 10.5. The van der Waals surface area contributed by atoms with Crippen molar-refractivity contribution < 1.29 is 23.9 Å². The molecule has 1 aliphatic carbocycles. The Morgan fingerprint density at radius 2 is 2.10 bits per heavy atom. The van der Waals surface area contributed by atoms with Crippen molar-refractivity contribution in [3.8, 4) is 0 Å². The first-order valence-electron chi connectivity index (χ1n) is 9.29. The van der Waals surface area contributed by atoms with Gasteiger partial charge in [-0.3, -0.25) is 4.79 Å². The number of anilines is 1. The summed E-state index contributed by atoms with van der Waals surface area (Å²) in [6.45, 7) is 3.63. The van der Waals surface area contributed by atoms with Crippen molar-refractivity contribution in [3.63, 3.8) is 0 Å². The molecule has 1 atom stereocenters. The summed E-state index contributed by atoms with van der Waals surface area (Å²) in [6, 6.07) is 3.01. The predicted molar refractivity (Wildman–Crippen MR) is 110 cm³/mol. The van der Waals surface area contributed by atoms with Crippen molar-refractivity contribution in [2.75, 3.05) is 18.5 Å². The molecule has 0 saturated heterocycles. The first-order chi connectivity index (χ1) is 13.9. The molecule has 2 aromatic rings. The Labute approximate surface area is 177 Å². The number of rotatable bonds is 6. The molecular formula is C20H21ClN2O5S. The Balaban J connectivity index is 1.72. The van der Waals surface area contributed by atoms with Gasteiger partial charge in [-0.15, -0.1) is 11.3 Å². The summed E-state index contributed by atoms with van der Waals surface area (Å²) in [5, 5.41) is 3.13. The average molecular weight is 437 g/mol. The van der Waals surface area contributed by atoms with Gasteiger partial charge in [0.25, 0.3) is 5.91 Å². The number of carbonyl (C=O) groups excluding carboxylic acids is 3. The molecule has 0 saturated carbocycles. The molecule has 0 radical (unpaired) electrons. The number of fused-ring (bicyclic) bond motifs is 1. The van der Waals surface area contributed by atoms with E-state index in [1.54, 1.807) is 13.0 Å². The topological polar surface area (TPSA) is 94.6 Å². The minimum absolute atomic E-state index is 0.00237. The van der Waals surface area contributed by atoms with Crippen LogP contribution in [0.25, 0.3) is 0 Å². The Hall–Kier alpha value is -2.45. The molecule has 1 unspecified atom stereocenters. The molecule has 29 heavy (non-hydrogen) atoms. The number of ether oxygens (including phenoxy) is 2. The number of hydrogen-bond acceptors (Lipinski definition) is 7. The van der Waals surface area contributed by atoms with E-state index in [1.165, 1.54) is 23.6 Å². The Morgan fingerprint density at radius 3 is 2.83 bits per heavy atom. The van der Waals surface area contributed by atoms with Crippen molar-refractivity contribution in [1.82, 2.24) is 4.98 Å². The summed E-state index contributed by atoms with van der Waals surface area (Å²) in [5.74, 6) is -1.22. The number of hydrogen-bond donors (Lipinski definition) is 1. The summed E-state index contributed by atoms with van der Waals surface area (Å²) >= 11 is 7.23. The number of aromatic nitrogens is 1. The largest absolute Gasteiger partial charge is 0.462 e. The van der Waals surface area contributed by atoms with Gasteiger partial charge in [0.15, 0.2) is 6.61 Å². The molecule has 2 heterocycles. The standard InChI is InChI=1S/C20H21ClN2O5S/c1-3-27-20(26)16-12-7-6-11(2)9-14(12)29-18(16)23-15(24)10-28-19(25)13-5-4-8-22-17(13)21/h4-5,8,11H,3,6-7,9-10H2,1-2H3,(H,23,24). The van der Waals surface area contributed by atoms with E-state index in [0.717, 1.165) is 29.7 Å². The van der Waals surface area contributed by atoms with E-state index in [4.69, 9.17) is 21.1 Å². The molecule has 0 fully saturated rings. The summed E-state index contributed by atoms with van der Waals surface area (Å²) in [5.41, 5.74) is 1.43. The van der Waals surface area contributed by atoms with Gasteiger partial charge in [0.1, 0.15) is 10.2 Å². The zero-order valence-corrected chi connectivity index (χ0v) is 17.7. The Morgan fingerprint density at radius 1 is 1.31 bits per heavy atom. The fraction of sp³-hybridized carbons (Fsp3) is 0.400. The fourth-order valence-corrected chi connectivity index (χ4v) is 4.78. The SMILES string of the molecule is CCOC(=O)c1c(NC(=O)COC(=O)c2cccnc2Cl)sc2c1CCC(C)C2. The van der Waals surface area contributed by atoms with Gasteiger partial charge in [-0.05, 0) is 49.8 Å². The number of amides is 1. The molecule has 1 amide bonds. The third-order valence-corrected chi connectivity index (χ3v) is 6.03. The number of halogens is 1. The highest BCUT2D eigenvalue weighted by Gasteiger charge is 2.29. The maximum Gasteiger partial charge on any atom is 0.341 e. The van der Waals surface area contributed by atoms with Gasteiger partial charge in [-0.1, -0.05) is 18.5 Å². The summed E-state index contributed by atoms with van der Waals surface area (Å²) < 4.78 is 10.2. The smallest absolute Gasteiger partial charge is 0.341 e. The molecule has 0 bridgehead atoms. The van der Waals surface area contributed by atoms with Crippen LogP contribution in [-0.4, -0.2) is 36.0 Å². The van der Waals surface area contributed by atoms with Gasteiger partial charge in [-0.25, -0.2) is 14.6 Å². The summed E-state index contributed by atoms with van der Waals surface area (Å²) in [6.07, 6.45) is 4.05.